The molecule has 0 aromatic carbocycles. The van der Waals surface area contributed by atoms with Crippen LogP contribution in [-0.2, 0) is 0 Å². The number of benzene rings is 1. The summed E-state index contributed by atoms with van der Waals surface area (Å²) in [5.41, 5.74) is 7.18. The van der Waals surface area contributed by atoms with Crippen LogP contribution in [0.4, 0.5) is 0 Å². The molecule has 0 saturated heterocycles. The molecule has 0 amide bonds. The lowest BCUT2D eigenvalue weighted by atomic mass is 9.99. The molecule has 0 bridgehead atoms. The molecule has 0 heterocycles. The van der Waals surface area contributed by atoms with Crippen molar-refractivity contribution in [1.29, 1.82) is 0 Å². The van der Waals surface area contributed by atoms with Gasteiger partial charge in [-0.1, -0.05) is 39.3 Å². The summed E-state index contributed by atoms with van der Waals surface area (Å²) in [7, 11) is -1.66. The fraction of sp³-hybridized carbons (Fsp3) is 0.471. The second kappa shape index (κ2) is 4.75. The molecule has 2 aliphatic carbocycles. The lowest BCUT2D eigenvalue weighted by molar-refractivity contribution is 0.525. The monoisotopic (exact) mass is 273 g/mol. The topological polar surface area (TPSA) is 9.23 Å². The molecule has 2 heteroatoms. The van der Waals surface area contributed by atoms with Crippen molar-refractivity contribution in [2.45, 2.75) is 53.3 Å². The minimum absolute atomic E-state index is 0.614. The van der Waals surface area contributed by atoms with Gasteiger partial charge in [-0.25, -0.2) is 0 Å². The minimum Gasteiger partial charge on any atom is -0.601 e. The number of fused-ring (bicyclic) bond motifs is 1. The predicted octanol–water partition coefficient (Wildman–Crippen LogP) is 5.43. The predicted molar refractivity (Wildman–Crippen MR) is 86.1 cm³/mol. The lowest BCUT2D eigenvalue weighted by Crippen LogP contribution is -2.38. The van der Waals surface area contributed by atoms with Crippen molar-refractivity contribution in [1.82, 2.24) is 0 Å². The zero-order valence-electron chi connectivity index (χ0n) is 13.2. The Kier molecular flexibility index (Phi) is 3.56. The molecule has 0 spiro atoms. The third-order valence-corrected chi connectivity index (χ3v) is 7.81. The second-order valence-corrected chi connectivity index (χ2v) is 11.1. The van der Waals surface area contributed by atoms with E-state index in [0.29, 0.717) is 5.54 Å². The van der Waals surface area contributed by atoms with Gasteiger partial charge in [-0.3, -0.25) is 0 Å². The van der Waals surface area contributed by atoms with Gasteiger partial charge < -0.3 is 4.43 Å². The molecule has 0 aliphatic heterocycles. The van der Waals surface area contributed by atoms with Gasteiger partial charge in [0, 0.05) is 0 Å². The quantitative estimate of drug-likeness (QED) is 0.535. The van der Waals surface area contributed by atoms with Crippen LogP contribution in [0.15, 0.2) is 18.2 Å². The van der Waals surface area contributed by atoms with E-state index in [2.05, 4.69) is 65.9 Å². The van der Waals surface area contributed by atoms with E-state index in [4.69, 9.17) is 4.43 Å². The standard InChI is InChI=1S/C17H25OSi/c1-11(2)19(6,7)18-17-13(4)10-15-8-12(3)9-16(15)14(17)5/h8-11H,1-7H3/q-1. The van der Waals surface area contributed by atoms with E-state index < -0.39 is 8.32 Å². The van der Waals surface area contributed by atoms with Crippen molar-refractivity contribution in [3.8, 4) is 16.9 Å². The third kappa shape index (κ3) is 2.59. The van der Waals surface area contributed by atoms with Crippen LogP contribution in [0.3, 0.4) is 0 Å². The highest BCUT2D eigenvalue weighted by atomic mass is 28.4. The summed E-state index contributed by atoms with van der Waals surface area (Å²) in [5.74, 6) is 1.11. The molecule has 0 atom stereocenters. The molecule has 0 aromatic heterocycles. The summed E-state index contributed by atoms with van der Waals surface area (Å²) in [6.45, 7) is 15.6. The van der Waals surface area contributed by atoms with Crippen molar-refractivity contribution in [2.24, 2.45) is 0 Å². The summed E-state index contributed by atoms with van der Waals surface area (Å²) < 4.78 is 6.48. The van der Waals surface area contributed by atoms with Gasteiger partial charge in [0.25, 0.3) is 0 Å². The molecule has 0 fully saturated rings. The Hall–Kier alpha value is -1.15. The molecule has 0 saturated carbocycles. The van der Waals surface area contributed by atoms with E-state index in [0.717, 1.165) is 5.75 Å². The highest BCUT2D eigenvalue weighted by Gasteiger charge is 2.28. The van der Waals surface area contributed by atoms with Crippen molar-refractivity contribution < 1.29 is 4.43 Å². The molecule has 0 N–H and O–H groups in total. The molecule has 104 valence electrons. The average Bonchev–Trinajstić information content (AvgIpc) is 2.65. The van der Waals surface area contributed by atoms with Crippen LogP contribution in [-0.4, -0.2) is 8.32 Å². The number of rotatable bonds is 3. The number of aryl methyl sites for hydroxylation is 2. The Balaban J connectivity index is 2.52. The van der Waals surface area contributed by atoms with Crippen LogP contribution in [0.1, 0.15) is 30.5 Å². The van der Waals surface area contributed by atoms with E-state index in [1.165, 1.54) is 27.8 Å². The molecule has 2 aliphatic rings. The van der Waals surface area contributed by atoms with Crippen LogP contribution in [0, 0.1) is 20.8 Å². The largest absolute Gasteiger partial charge is 0.601 e. The Labute approximate surface area is 118 Å². The number of hydrogen-bond acceptors (Lipinski definition) is 1. The van der Waals surface area contributed by atoms with Crippen LogP contribution < -0.4 is 4.43 Å². The number of hydrogen-bond donors (Lipinski definition) is 0. The smallest absolute Gasteiger partial charge is 0.230 e. The van der Waals surface area contributed by atoms with Crippen LogP contribution in [0.25, 0.3) is 11.1 Å². The highest BCUT2D eigenvalue weighted by molar-refractivity contribution is 6.73. The third-order valence-electron chi connectivity index (χ3n) is 4.30. The van der Waals surface area contributed by atoms with Crippen molar-refractivity contribution in [3.05, 3.63) is 34.9 Å². The Bertz CT molecular complexity index is 563. The maximum Gasteiger partial charge on any atom is 0.230 e. The molecule has 0 radical (unpaired) electrons. The molecule has 19 heavy (non-hydrogen) atoms. The van der Waals surface area contributed by atoms with E-state index in [1.54, 1.807) is 0 Å². The SMILES string of the molecule is Cc1cc2cc(C)[c-](O[Si](C)(C)C(C)C)c(C)c-2c1. The first kappa shape index (κ1) is 14.3. The van der Waals surface area contributed by atoms with E-state index in [1.807, 2.05) is 0 Å². The van der Waals surface area contributed by atoms with Gasteiger partial charge in [0.15, 0.2) is 0 Å². The molecule has 2 rings (SSSR count). The molecule has 1 nitrogen and oxygen atoms in total. The van der Waals surface area contributed by atoms with Crippen molar-refractivity contribution in [3.63, 3.8) is 0 Å². The van der Waals surface area contributed by atoms with Gasteiger partial charge in [-0.15, -0.1) is 28.3 Å². The second-order valence-electron chi connectivity index (χ2n) is 6.54. The lowest BCUT2D eigenvalue weighted by Gasteiger charge is -2.35. The first-order valence-electron chi connectivity index (χ1n) is 7.08. The Morgan fingerprint density at radius 2 is 1.68 bits per heavy atom. The summed E-state index contributed by atoms with van der Waals surface area (Å²) >= 11 is 0. The minimum atomic E-state index is -1.66. The van der Waals surface area contributed by atoms with Crippen LogP contribution in [0.2, 0.25) is 18.6 Å². The Morgan fingerprint density at radius 3 is 2.26 bits per heavy atom. The van der Waals surface area contributed by atoms with Crippen molar-refractivity contribution >= 4 is 8.32 Å². The zero-order valence-corrected chi connectivity index (χ0v) is 14.2. The van der Waals surface area contributed by atoms with Gasteiger partial charge in [-0.05, 0) is 31.3 Å². The highest BCUT2D eigenvalue weighted by Crippen LogP contribution is 2.39. The first-order valence-corrected chi connectivity index (χ1v) is 10.1. The van der Waals surface area contributed by atoms with E-state index >= 15 is 0 Å². The fourth-order valence-electron chi connectivity index (χ4n) is 2.37. The summed E-state index contributed by atoms with van der Waals surface area (Å²) in [4.78, 5) is 0. The Morgan fingerprint density at radius 1 is 1.05 bits per heavy atom. The van der Waals surface area contributed by atoms with E-state index in [9.17, 15) is 0 Å². The molecule has 0 unspecified atom stereocenters. The van der Waals surface area contributed by atoms with Gasteiger partial charge >= 0.3 is 0 Å². The van der Waals surface area contributed by atoms with Gasteiger partial charge in [-0.2, -0.15) is 6.07 Å². The average molecular weight is 273 g/mol. The van der Waals surface area contributed by atoms with Crippen LogP contribution >= 0.6 is 0 Å². The molecular formula is C17H25OSi-. The van der Waals surface area contributed by atoms with Gasteiger partial charge in [0.2, 0.25) is 8.32 Å². The van der Waals surface area contributed by atoms with Gasteiger partial charge in [0.05, 0.1) is 0 Å². The maximum atomic E-state index is 6.48. The van der Waals surface area contributed by atoms with Gasteiger partial charge in [0.1, 0.15) is 0 Å². The summed E-state index contributed by atoms with van der Waals surface area (Å²) in [6.07, 6.45) is 0. The first-order chi connectivity index (χ1) is 8.72. The van der Waals surface area contributed by atoms with Crippen molar-refractivity contribution in [2.75, 3.05) is 0 Å². The van der Waals surface area contributed by atoms with Crippen LogP contribution in [0.5, 0.6) is 5.75 Å². The normalized spacial score (nSPS) is 12.4. The molecular weight excluding hydrogens is 248 g/mol. The fourth-order valence-corrected chi connectivity index (χ4v) is 3.45. The summed E-state index contributed by atoms with van der Waals surface area (Å²) in [6, 6.07) is 6.78. The molecule has 0 aromatic rings. The summed E-state index contributed by atoms with van der Waals surface area (Å²) in [5, 5.41) is 0. The maximum absolute atomic E-state index is 6.48. The zero-order chi connectivity index (χ0) is 14.4. The van der Waals surface area contributed by atoms with E-state index in [-0.39, 0.29) is 0 Å².